The van der Waals surface area contributed by atoms with Crippen molar-refractivity contribution in [2.24, 2.45) is 4.99 Å². The van der Waals surface area contributed by atoms with E-state index in [0.717, 1.165) is 80.3 Å². The number of aromatic nitrogens is 2. The lowest BCUT2D eigenvalue weighted by atomic mass is 10.2. The van der Waals surface area contributed by atoms with E-state index in [1.54, 1.807) is 0 Å². The first-order valence-electron chi connectivity index (χ1n) is 11.2. The van der Waals surface area contributed by atoms with Gasteiger partial charge >= 0.3 is 0 Å². The third-order valence-electron chi connectivity index (χ3n) is 5.69. The van der Waals surface area contributed by atoms with Crippen LogP contribution in [0.25, 0.3) is 0 Å². The number of amides is 1. The van der Waals surface area contributed by atoms with Gasteiger partial charge < -0.3 is 20.0 Å². The molecular weight excluding hydrogens is 537 g/mol. The average Bonchev–Trinajstić information content (AvgIpc) is 3.46. The Hall–Kier alpha value is -1.95. The number of guanidine groups is 1. The van der Waals surface area contributed by atoms with Crippen LogP contribution in [0.4, 0.5) is 10.8 Å². The first-order valence-corrected chi connectivity index (χ1v) is 12.0. The number of nitrogens with zero attached hydrogens (tertiary/aromatic N) is 6. The van der Waals surface area contributed by atoms with Gasteiger partial charge in [-0.25, -0.2) is 9.98 Å². The van der Waals surface area contributed by atoms with Crippen LogP contribution in [0.15, 0.2) is 29.3 Å². The van der Waals surface area contributed by atoms with E-state index in [0.29, 0.717) is 13.0 Å². The van der Waals surface area contributed by atoms with Crippen molar-refractivity contribution in [2.45, 2.75) is 39.7 Å². The highest BCUT2D eigenvalue weighted by Crippen LogP contribution is 2.22. The van der Waals surface area contributed by atoms with Crippen molar-refractivity contribution in [3.05, 3.63) is 35.7 Å². The summed E-state index contributed by atoms with van der Waals surface area (Å²) in [5, 5.41) is 4.45. The molecule has 2 aromatic rings. The predicted molar refractivity (Wildman–Crippen MR) is 141 cm³/mol. The third-order valence-corrected chi connectivity index (χ3v) is 6.51. The Balaban J connectivity index is 0.00000289. The molecule has 0 radical (unpaired) electrons. The van der Waals surface area contributed by atoms with E-state index in [2.05, 4.69) is 50.5 Å². The zero-order chi connectivity index (χ0) is 21.6. The van der Waals surface area contributed by atoms with Gasteiger partial charge in [0.25, 0.3) is 0 Å². The average molecular weight is 570 g/mol. The van der Waals surface area contributed by atoms with Gasteiger partial charge in [-0.05, 0) is 31.0 Å². The molecule has 3 heterocycles. The van der Waals surface area contributed by atoms with Gasteiger partial charge in [0.05, 0.1) is 6.54 Å². The molecule has 0 atom stereocenters. The molecule has 2 aliphatic rings. The Morgan fingerprint density at radius 1 is 1.12 bits per heavy atom. The van der Waals surface area contributed by atoms with Gasteiger partial charge in [-0.1, -0.05) is 19.1 Å². The maximum Gasteiger partial charge on any atom is 0.227 e. The molecule has 10 heteroatoms. The molecule has 1 N–H and O–H groups in total. The van der Waals surface area contributed by atoms with Crippen LogP contribution in [0.3, 0.4) is 0 Å². The zero-order valence-corrected chi connectivity index (χ0v) is 21.9. The molecule has 1 aromatic carbocycles. The molecule has 0 unspecified atom stereocenters. The Bertz CT molecular complexity index is 909. The van der Waals surface area contributed by atoms with Gasteiger partial charge in [-0.3, -0.25) is 4.79 Å². The molecule has 2 aliphatic heterocycles. The first kappa shape index (κ1) is 24.7. The second kappa shape index (κ2) is 11.8. The summed E-state index contributed by atoms with van der Waals surface area (Å²) < 4.78 is 4.41. The van der Waals surface area contributed by atoms with Gasteiger partial charge in [-0.2, -0.15) is 4.37 Å². The number of halogens is 1. The minimum absolute atomic E-state index is 0. The number of anilines is 2. The highest BCUT2D eigenvalue weighted by molar-refractivity contribution is 14.0. The Morgan fingerprint density at radius 2 is 1.88 bits per heavy atom. The van der Waals surface area contributed by atoms with Gasteiger partial charge in [0.2, 0.25) is 11.0 Å². The van der Waals surface area contributed by atoms with E-state index < -0.39 is 0 Å². The first-order chi connectivity index (χ1) is 15.2. The van der Waals surface area contributed by atoms with Crippen molar-refractivity contribution in [3.8, 4) is 0 Å². The Morgan fingerprint density at radius 3 is 2.47 bits per heavy atom. The molecule has 1 aromatic heterocycles. The lowest BCUT2D eigenvalue weighted by molar-refractivity contribution is -0.117. The lowest BCUT2D eigenvalue weighted by Gasteiger charge is -2.36. The van der Waals surface area contributed by atoms with E-state index in [9.17, 15) is 4.79 Å². The fourth-order valence-electron chi connectivity index (χ4n) is 3.92. The molecule has 1 amide bonds. The Labute approximate surface area is 211 Å². The molecule has 0 spiro atoms. The summed E-state index contributed by atoms with van der Waals surface area (Å²) in [4.78, 5) is 27.9. The number of nitrogens with one attached hydrogen (secondary N) is 1. The zero-order valence-electron chi connectivity index (χ0n) is 18.8. The SMILES string of the molecule is CCNC(=NCc1ccc(N2CCCC2=O)cc1)N1CCN(c2nc(CC)ns2)CC1.I. The summed E-state index contributed by atoms with van der Waals surface area (Å²) in [6.45, 7) is 10.1. The normalized spacial score (nSPS) is 17.0. The van der Waals surface area contributed by atoms with Crippen molar-refractivity contribution < 1.29 is 4.79 Å². The second-order valence-corrected chi connectivity index (χ2v) is 8.54. The highest BCUT2D eigenvalue weighted by atomic mass is 127. The molecule has 2 saturated heterocycles. The molecular formula is C22H32IN7OS. The molecule has 4 rings (SSSR count). The Kier molecular flexibility index (Phi) is 9.09. The molecule has 32 heavy (non-hydrogen) atoms. The molecule has 0 bridgehead atoms. The molecule has 174 valence electrons. The number of rotatable bonds is 6. The topological polar surface area (TPSA) is 77.0 Å². The standard InChI is InChI=1S/C22H31N7OS.HI/c1-3-19-25-22(31-26-19)28-14-12-27(13-15-28)21(23-4-2)24-16-17-7-9-18(10-8-17)29-11-5-6-20(29)30;/h7-10H,3-6,11-16H2,1-2H3,(H,23,24);1H. The number of carbonyl (C=O) groups is 1. The largest absolute Gasteiger partial charge is 0.357 e. The van der Waals surface area contributed by atoms with E-state index in [-0.39, 0.29) is 29.9 Å². The van der Waals surface area contributed by atoms with E-state index in [1.165, 1.54) is 11.5 Å². The highest BCUT2D eigenvalue weighted by Gasteiger charge is 2.23. The van der Waals surface area contributed by atoms with Crippen LogP contribution < -0.4 is 15.1 Å². The third kappa shape index (κ3) is 5.89. The number of carbonyl (C=O) groups excluding carboxylic acids is 1. The fraction of sp³-hybridized carbons (Fsp3) is 0.545. The van der Waals surface area contributed by atoms with Crippen LogP contribution in [-0.2, 0) is 17.8 Å². The van der Waals surface area contributed by atoms with Crippen LogP contribution in [0.5, 0.6) is 0 Å². The van der Waals surface area contributed by atoms with E-state index >= 15 is 0 Å². The molecule has 0 saturated carbocycles. The maximum atomic E-state index is 11.9. The minimum atomic E-state index is 0. The van der Waals surface area contributed by atoms with Crippen molar-refractivity contribution in [1.29, 1.82) is 0 Å². The van der Waals surface area contributed by atoms with Crippen LogP contribution in [0.1, 0.15) is 38.1 Å². The summed E-state index contributed by atoms with van der Waals surface area (Å²) in [6.07, 6.45) is 2.48. The molecule has 2 fully saturated rings. The number of piperazine rings is 1. The van der Waals surface area contributed by atoms with Gasteiger partial charge in [-0.15, -0.1) is 24.0 Å². The van der Waals surface area contributed by atoms with Crippen molar-refractivity contribution in [1.82, 2.24) is 19.6 Å². The predicted octanol–water partition coefficient (Wildman–Crippen LogP) is 3.13. The monoisotopic (exact) mass is 569 g/mol. The summed E-state index contributed by atoms with van der Waals surface area (Å²) in [7, 11) is 0. The van der Waals surface area contributed by atoms with Gasteiger partial charge in [0, 0.05) is 69.3 Å². The van der Waals surface area contributed by atoms with E-state index in [4.69, 9.17) is 4.99 Å². The number of aliphatic imine (C=N–C) groups is 1. The number of aryl methyl sites for hydroxylation is 1. The lowest BCUT2D eigenvalue weighted by Crippen LogP contribution is -2.52. The number of hydrogen-bond acceptors (Lipinski definition) is 6. The van der Waals surface area contributed by atoms with E-state index in [1.807, 2.05) is 17.0 Å². The van der Waals surface area contributed by atoms with Crippen LogP contribution in [0, 0.1) is 0 Å². The second-order valence-electron chi connectivity index (χ2n) is 7.81. The summed E-state index contributed by atoms with van der Waals surface area (Å²) in [5.74, 6) is 2.10. The van der Waals surface area contributed by atoms with Crippen molar-refractivity contribution in [2.75, 3.05) is 49.1 Å². The molecule has 0 aliphatic carbocycles. The van der Waals surface area contributed by atoms with Crippen molar-refractivity contribution in [3.63, 3.8) is 0 Å². The minimum Gasteiger partial charge on any atom is -0.357 e. The molecule has 8 nitrogen and oxygen atoms in total. The summed E-state index contributed by atoms with van der Waals surface area (Å²) >= 11 is 1.49. The number of hydrogen-bond donors (Lipinski definition) is 1. The fourth-order valence-corrected chi connectivity index (χ4v) is 4.72. The smallest absolute Gasteiger partial charge is 0.227 e. The maximum absolute atomic E-state index is 11.9. The van der Waals surface area contributed by atoms with Gasteiger partial charge in [0.15, 0.2) is 5.96 Å². The van der Waals surface area contributed by atoms with Crippen LogP contribution >= 0.6 is 35.5 Å². The van der Waals surface area contributed by atoms with Gasteiger partial charge in [0.1, 0.15) is 5.82 Å². The number of benzene rings is 1. The summed E-state index contributed by atoms with van der Waals surface area (Å²) in [5.41, 5.74) is 2.13. The summed E-state index contributed by atoms with van der Waals surface area (Å²) in [6, 6.07) is 8.22. The van der Waals surface area contributed by atoms with Crippen LogP contribution in [-0.4, -0.2) is 65.4 Å². The van der Waals surface area contributed by atoms with Crippen LogP contribution in [0.2, 0.25) is 0 Å². The van der Waals surface area contributed by atoms with Crippen molar-refractivity contribution >= 4 is 58.2 Å². The quantitative estimate of drug-likeness (QED) is 0.328.